The third-order valence-electron chi connectivity index (χ3n) is 2.53. The van der Waals surface area contributed by atoms with E-state index in [9.17, 15) is 13.6 Å². The number of carbonyl (C=O) groups excluding carboxylic acids is 1. The third kappa shape index (κ3) is 3.44. The molecule has 0 heterocycles. The van der Waals surface area contributed by atoms with Crippen molar-refractivity contribution in [2.45, 2.75) is 6.61 Å². The molecule has 0 aromatic heterocycles. The van der Waals surface area contributed by atoms with Gasteiger partial charge in [-0.25, -0.2) is 0 Å². The fourth-order valence-corrected chi connectivity index (χ4v) is 1.62. The number of hydrogen-bond donors (Lipinski definition) is 2. The van der Waals surface area contributed by atoms with Crippen LogP contribution in [0.4, 0.5) is 20.2 Å². The summed E-state index contributed by atoms with van der Waals surface area (Å²) in [5.41, 5.74) is 6.78. The fourth-order valence-electron chi connectivity index (χ4n) is 1.62. The highest BCUT2D eigenvalue weighted by molar-refractivity contribution is 6.05. The summed E-state index contributed by atoms with van der Waals surface area (Å²) in [7, 11) is 0. The van der Waals surface area contributed by atoms with Crippen molar-refractivity contribution >= 4 is 17.3 Å². The summed E-state index contributed by atoms with van der Waals surface area (Å²) >= 11 is 0. The average molecular weight is 278 g/mol. The summed E-state index contributed by atoms with van der Waals surface area (Å²) in [5, 5.41) is 2.60. The molecule has 2 aromatic carbocycles. The van der Waals surface area contributed by atoms with Crippen molar-refractivity contribution in [1.82, 2.24) is 0 Å². The van der Waals surface area contributed by atoms with Crippen molar-refractivity contribution in [3.05, 3.63) is 54.1 Å². The van der Waals surface area contributed by atoms with Crippen molar-refractivity contribution in [2.75, 3.05) is 11.1 Å². The zero-order valence-corrected chi connectivity index (χ0v) is 10.3. The lowest BCUT2D eigenvalue weighted by atomic mass is 10.2. The predicted molar refractivity (Wildman–Crippen MR) is 71.9 cm³/mol. The topological polar surface area (TPSA) is 64.3 Å². The van der Waals surface area contributed by atoms with E-state index in [1.165, 1.54) is 24.3 Å². The van der Waals surface area contributed by atoms with E-state index in [2.05, 4.69) is 10.1 Å². The first kappa shape index (κ1) is 13.8. The number of hydrogen-bond acceptors (Lipinski definition) is 3. The van der Waals surface area contributed by atoms with Gasteiger partial charge in [0.15, 0.2) is 0 Å². The largest absolute Gasteiger partial charge is 0.435 e. The number of ether oxygens (including phenoxy) is 1. The molecule has 0 saturated heterocycles. The summed E-state index contributed by atoms with van der Waals surface area (Å²) in [4.78, 5) is 12.0. The van der Waals surface area contributed by atoms with Crippen LogP contribution in [-0.2, 0) is 0 Å². The Labute approximate surface area is 114 Å². The predicted octanol–water partition coefficient (Wildman–Crippen LogP) is 3.12. The summed E-state index contributed by atoms with van der Waals surface area (Å²) in [6, 6.07) is 12.3. The van der Waals surface area contributed by atoms with Gasteiger partial charge in [-0.1, -0.05) is 18.2 Å². The molecule has 3 N–H and O–H groups in total. The van der Waals surface area contributed by atoms with Crippen LogP contribution in [0.1, 0.15) is 10.4 Å². The van der Waals surface area contributed by atoms with E-state index in [4.69, 9.17) is 5.73 Å². The van der Waals surface area contributed by atoms with E-state index >= 15 is 0 Å². The van der Waals surface area contributed by atoms with E-state index in [0.29, 0.717) is 11.4 Å². The molecule has 4 nitrogen and oxygen atoms in total. The Hall–Kier alpha value is -2.63. The van der Waals surface area contributed by atoms with Crippen LogP contribution in [0.5, 0.6) is 5.75 Å². The summed E-state index contributed by atoms with van der Waals surface area (Å²) in [5.74, 6) is -0.531. The number of benzene rings is 2. The molecule has 2 rings (SSSR count). The number of carbonyl (C=O) groups is 1. The number of para-hydroxylation sites is 2. The molecule has 20 heavy (non-hydrogen) atoms. The van der Waals surface area contributed by atoms with Crippen LogP contribution < -0.4 is 15.8 Å². The molecule has 0 fully saturated rings. The first-order valence-electron chi connectivity index (χ1n) is 5.77. The number of alkyl halides is 2. The molecular weight excluding hydrogens is 266 g/mol. The molecule has 0 aliphatic heterocycles. The monoisotopic (exact) mass is 278 g/mol. The molecule has 6 heteroatoms. The number of amides is 1. The van der Waals surface area contributed by atoms with Crippen LogP contribution in [-0.4, -0.2) is 12.5 Å². The molecule has 104 valence electrons. The average Bonchev–Trinajstić information content (AvgIpc) is 2.41. The maximum Gasteiger partial charge on any atom is 0.387 e. The molecule has 0 spiro atoms. The van der Waals surface area contributed by atoms with Gasteiger partial charge in [0, 0.05) is 5.56 Å². The zero-order chi connectivity index (χ0) is 14.5. The summed E-state index contributed by atoms with van der Waals surface area (Å²) in [6.45, 7) is -2.93. The van der Waals surface area contributed by atoms with Gasteiger partial charge in [0.1, 0.15) is 5.75 Å². The minimum absolute atomic E-state index is 0.0753. The van der Waals surface area contributed by atoms with Gasteiger partial charge in [0.2, 0.25) is 0 Å². The maximum atomic E-state index is 12.1. The number of nitrogens with two attached hydrogens (primary N) is 1. The molecule has 0 atom stereocenters. The third-order valence-corrected chi connectivity index (χ3v) is 2.53. The standard InChI is InChI=1S/C14H12F2N2O2/c15-14(16)20-10-5-3-4-9(8-10)13(19)18-12-7-2-1-6-11(12)17/h1-8,14H,17H2,(H,18,19). The Morgan fingerprint density at radius 3 is 2.60 bits per heavy atom. The molecular formula is C14H12F2N2O2. The molecule has 1 amide bonds. The van der Waals surface area contributed by atoms with Gasteiger partial charge in [0.25, 0.3) is 5.91 Å². The lowest BCUT2D eigenvalue weighted by molar-refractivity contribution is -0.0498. The number of nitrogen functional groups attached to an aromatic ring is 1. The van der Waals surface area contributed by atoms with Gasteiger partial charge in [0.05, 0.1) is 11.4 Å². The highest BCUT2D eigenvalue weighted by Crippen LogP contribution is 2.20. The number of nitrogens with one attached hydrogen (secondary N) is 1. The van der Waals surface area contributed by atoms with Crippen molar-refractivity contribution < 1.29 is 18.3 Å². The number of halogens is 2. The van der Waals surface area contributed by atoms with Gasteiger partial charge in [-0.3, -0.25) is 4.79 Å². The van der Waals surface area contributed by atoms with Crippen molar-refractivity contribution in [1.29, 1.82) is 0 Å². The fraction of sp³-hybridized carbons (Fsp3) is 0.0714. The van der Waals surface area contributed by atoms with Gasteiger partial charge in [-0.05, 0) is 30.3 Å². The Kier molecular flexibility index (Phi) is 4.14. The van der Waals surface area contributed by atoms with Crippen LogP contribution in [0, 0.1) is 0 Å². The zero-order valence-electron chi connectivity index (χ0n) is 10.3. The smallest absolute Gasteiger partial charge is 0.387 e. The first-order chi connectivity index (χ1) is 9.56. The van der Waals surface area contributed by atoms with Gasteiger partial charge < -0.3 is 15.8 Å². The molecule has 0 radical (unpaired) electrons. The lowest BCUT2D eigenvalue weighted by Gasteiger charge is -2.09. The SMILES string of the molecule is Nc1ccccc1NC(=O)c1cccc(OC(F)F)c1. The molecule has 0 aliphatic rings. The van der Waals surface area contributed by atoms with Gasteiger partial charge >= 0.3 is 6.61 Å². The summed E-state index contributed by atoms with van der Waals surface area (Å²) in [6.07, 6.45) is 0. The highest BCUT2D eigenvalue weighted by atomic mass is 19.3. The van der Waals surface area contributed by atoms with Crippen molar-refractivity contribution in [3.8, 4) is 5.75 Å². The molecule has 0 unspecified atom stereocenters. The lowest BCUT2D eigenvalue weighted by Crippen LogP contribution is -2.13. The Bertz CT molecular complexity index is 618. The maximum absolute atomic E-state index is 12.1. The second-order valence-electron chi connectivity index (χ2n) is 3.95. The molecule has 0 saturated carbocycles. The quantitative estimate of drug-likeness (QED) is 0.844. The van der Waals surface area contributed by atoms with Gasteiger partial charge in [-0.15, -0.1) is 0 Å². The van der Waals surface area contributed by atoms with E-state index in [1.807, 2.05) is 0 Å². The summed E-state index contributed by atoms with van der Waals surface area (Å²) < 4.78 is 28.5. The first-order valence-corrected chi connectivity index (χ1v) is 5.77. The second-order valence-corrected chi connectivity index (χ2v) is 3.95. The van der Waals surface area contributed by atoms with Gasteiger partial charge in [-0.2, -0.15) is 8.78 Å². The van der Waals surface area contributed by atoms with E-state index in [0.717, 1.165) is 0 Å². The van der Waals surface area contributed by atoms with E-state index < -0.39 is 12.5 Å². The highest BCUT2D eigenvalue weighted by Gasteiger charge is 2.10. The molecule has 0 aliphatic carbocycles. The van der Waals surface area contributed by atoms with Crippen molar-refractivity contribution in [3.63, 3.8) is 0 Å². The second kappa shape index (κ2) is 6.01. The van der Waals surface area contributed by atoms with Crippen LogP contribution in [0.25, 0.3) is 0 Å². The molecule has 2 aromatic rings. The van der Waals surface area contributed by atoms with Crippen molar-refractivity contribution in [2.24, 2.45) is 0 Å². The minimum atomic E-state index is -2.93. The normalized spacial score (nSPS) is 10.3. The van der Waals surface area contributed by atoms with Crippen LogP contribution in [0.15, 0.2) is 48.5 Å². The number of anilines is 2. The Morgan fingerprint density at radius 2 is 1.90 bits per heavy atom. The van der Waals surface area contributed by atoms with E-state index in [1.54, 1.807) is 24.3 Å². The Balaban J connectivity index is 2.15. The van der Waals surface area contributed by atoms with E-state index in [-0.39, 0.29) is 11.3 Å². The molecule has 0 bridgehead atoms. The minimum Gasteiger partial charge on any atom is -0.435 e. The Morgan fingerprint density at radius 1 is 1.15 bits per heavy atom. The van der Waals surface area contributed by atoms with Crippen LogP contribution >= 0.6 is 0 Å². The van der Waals surface area contributed by atoms with Crippen LogP contribution in [0.2, 0.25) is 0 Å². The number of rotatable bonds is 4. The van der Waals surface area contributed by atoms with Crippen LogP contribution in [0.3, 0.4) is 0 Å².